The smallest absolute Gasteiger partial charge is 0.267 e. The van der Waals surface area contributed by atoms with Crippen molar-refractivity contribution >= 4 is 11.8 Å². The Morgan fingerprint density at radius 1 is 0.857 bits per heavy atom. The maximum absolute atomic E-state index is 8.39. The van der Waals surface area contributed by atoms with E-state index in [2.05, 4.69) is 19.6 Å². The third-order valence-corrected chi connectivity index (χ3v) is 2.28. The lowest BCUT2D eigenvalue weighted by Crippen LogP contribution is -2.12. The zero-order chi connectivity index (χ0) is 10.6. The molecule has 0 fully saturated rings. The molecule has 0 bridgehead atoms. The Kier molecular flexibility index (Phi) is 3.85. The molecule has 1 aliphatic rings. The Morgan fingerprint density at radius 3 is 1.93 bits per heavy atom. The Labute approximate surface area is 81.3 Å². The lowest BCUT2D eigenvalue weighted by atomic mass is 10.3. The molecule has 0 spiro atoms. The van der Waals surface area contributed by atoms with Gasteiger partial charge in [-0.3, -0.25) is 0 Å². The summed E-state index contributed by atoms with van der Waals surface area (Å²) < 4.78 is 0. The highest BCUT2D eigenvalue weighted by molar-refractivity contribution is 8.03. The van der Waals surface area contributed by atoms with E-state index in [0.29, 0.717) is 0 Å². The van der Waals surface area contributed by atoms with Gasteiger partial charge in [0.25, 0.3) is 11.5 Å². The average Bonchev–Trinajstić information content (AvgIpc) is 2.26. The van der Waals surface area contributed by atoms with Crippen molar-refractivity contribution in [3.05, 3.63) is 22.4 Å². The van der Waals surface area contributed by atoms with Crippen LogP contribution in [0.1, 0.15) is 0 Å². The molecule has 0 unspecified atom stereocenters. The molecule has 0 aromatic carbocycles. The average molecular weight is 226 g/mol. The molecule has 4 N–H and O–H groups in total. The van der Waals surface area contributed by atoms with Crippen molar-refractivity contribution in [1.29, 1.82) is 0 Å². The summed E-state index contributed by atoms with van der Waals surface area (Å²) in [7, 11) is 0. The Hall–Kier alpha value is -1.13. The summed E-state index contributed by atoms with van der Waals surface area (Å²) in [6.45, 7) is 0. The van der Waals surface area contributed by atoms with Crippen molar-refractivity contribution in [2.45, 2.75) is 0 Å². The molecule has 0 aliphatic carbocycles. The predicted molar refractivity (Wildman–Crippen MR) is 41.4 cm³/mol. The summed E-state index contributed by atoms with van der Waals surface area (Å²) in [5.41, 5.74) is 0. The molecule has 0 atom stereocenters. The van der Waals surface area contributed by atoms with Gasteiger partial charge in [-0.2, -0.15) is 0 Å². The molecule has 0 saturated heterocycles. The van der Waals surface area contributed by atoms with E-state index in [1.807, 2.05) is 0 Å². The van der Waals surface area contributed by atoms with E-state index >= 15 is 0 Å². The highest BCUT2D eigenvalue weighted by Crippen LogP contribution is 2.34. The molecule has 80 valence electrons. The Bertz CT molecular complexity index is 243. The lowest BCUT2D eigenvalue weighted by Gasteiger charge is -2.16. The normalized spacial score (nSPS) is 16.9. The standard InChI is InChI=1S/C5H6O8S/c6-10-2-1-14-5(13-9)4(12-8)3(2)11-7/h6-9H,1H2. The van der Waals surface area contributed by atoms with Gasteiger partial charge in [0.1, 0.15) is 0 Å². The molecule has 0 saturated carbocycles. The second-order valence-corrected chi connectivity index (χ2v) is 2.97. The number of hydrogen-bond donors (Lipinski definition) is 4. The van der Waals surface area contributed by atoms with Crippen LogP contribution < -0.4 is 0 Å². The minimum Gasteiger partial charge on any atom is -0.340 e. The van der Waals surface area contributed by atoms with Crippen LogP contribution in [0.25, 0.3) is 0 Å². The van der Waals surface area contributed by atoms with Crippen molar-refractivity contribution < 1.29 is 40.6 Å². The van der Waals surface area contributed by atoms with Gasteiger partial charge in [-0.1, -0.05) is 11.8 Å². The molecule has 0 radical (unpaired) electrons. The Morgan fingerprint density at radius 2 is 1.50 bits per heavy atom. The van der Waals surface area contributed by atoms with Gasteiger partial charge in [-0.25, -0.2) is 21.0 Å². The van der Waals surface area contributed by atoms with Crippen LogP contribution in [0.15, 0.2) is 22.4 Å². The van der Waals surface area contributed by atoms with Gasteiger partial charge in [0.05, 0.1) is 5.75 Å². The summed E-state index contributed by atoms with van der Waals surface area (Å²) in [5, 5.41) is 33.2. The first-order chi connectivity index (χ1) is 6.78. The van der Waals surface area contributed by atoms with Crippen molar-refractivity contribution in [3.63, 3.8) is 0 Å². The van der Waals surface area contributed by atoms with Crippen molar-refractivity contribution in [3.8, 4) is 0 Å². The van der Waals surface area contributed by atoms with Crippen molar-refractivity contribution in [2.75, 3.05) is 5.75 Å². The van der Waals surface area contributed by atoms with Crippen molar-refractivity contribution in [1.82, 2.24) is 0 Å². The molecule has 0 amide bonds. The quantitative estimate of drug-likeness (QED) is 0.412. The molecule has 0 aromatic heterocycles. The van der Waals surface area contributed by atoms with Crippen LogP contribution in [-0.4, -0.2) is 26.8 Å². The predicted octanol–water partition coefficient (Wildman–Crippen LogP) is 1.07. The fraction of sp³-hybridized carbons (Fsp3) is 0.200. The largest absolute Gasteiger partial charge is 0.340 e. The minimum absolute atomic E-state index is 0.00907. The van der Waals surface area contributed by atoms with E-state index in [4.69, 9.17) is 21.0 Å². The molecule has 9 heteroatoms. The van der Waals surface area contributed by atoms with Gasteiger partial charge in [-0.05, 0) is 0 Å². The van der Waals surface area contributed by atoms with Gasteiger partial charge >= 0.3 is 0 Å². The van der Waals surface area contributed by atoms with Crippen LogP contribution in [0.3, 0.4) is 0 Å². The van der Waals surface area contributed by atoms with Gasteiger partial charge in [0, 0.05) is 0 Å². The first kappa shape index (κ1) is 10.9. The zero-order valence-corrected chi connectivity index (χ0v) is 7.35. The monoisotopic (exact) mass is 226 g/mol. The van der Waals surface area contributed by atoms with Gasteiger partial charge in [0.15, 0.2) is 0 Å². The minimum atomic E-state index is -0.518. The fourth-order valence-electron chi connectivity index (χ4n) is 0.788. The van der Waals surface area contributed by atoms with Crippen LogP contribution in [0, 0.1) is 0 Å². The number of thioether (sulfide) groups is 1. The van der Waals surface area contributed by atoms with Crippen LogP contribution in [0.2, 0.25) is 0 Å². The summed E-state index contributed by atoms with van der Waals surface area (Å²) in [6, 6.07) is 0. The molecule has 1 rings (SSSR count). The first-order valence-corrected chi connectivity index (χ1v) is 4.13. The van der Waals surface area contributed by atoms with Crippen LogP contribution in [-0.2, 0) is 19.6 Å². The van der Waals surface area contributed by atoms with E-state index in [1.54, 1.807) is 0 Å². The van der Waals surface area contributed by atoms with Gasteiger partial charge in [0.2, 0.25) is 10.9 Å². The molecular formula is C5H6O8S. The first-order valence-electron chi connectivity index (χ1n) is 3.14. The number of rotatable bonds is 4. The molecule has 8 nitrogen and oxygen atoms in total. The fourth-order valence-corrected chi connectivity index (χ4v) is 1.55. The highest BCUT2D eigenvalue weighted by atomic mass is 32.2. The molecule has 1 aliphatic heterocycles. The maximum atomic E-state index is 8.39. The highest BCUT2D eigenvalue weighted by Gasteiger charge is 2.30. The van der Waals surface area contributed by atoms with Gasteiger partial charge < -0.3 is 19.6 Å². The van der Waals surface area contributed by atoms with E-state index in [1.165, 1.54) is 0 Å². The van der Waals surface area contributed by atoms with E-state index in [9.17, 15) is 0 Å². The zero-order valence-electron chi connectivity index (χ0n) is 6.54. The lowest BCUT2D eigenvalue weighted by molar-refractivity contribution is -0.262. The van der Waals surface area contributed by atoms with Gasteiger partial charge in [-0.15, -0.1) is 0 Å². The summed E-state index contributed by atoms with van der Waals surface area (Å²) in [4.78, 5) is 15.2. The van der Waals surface area contributed by atoms with E-state index in [0.717, 1.165) is 11.8 Å². The second-order valence-electron chi connectivity index (χ2n) is 2.02. The van der Waals surface area contributed by atoms with Crippen molar-refractivity contribution in [2.24, 2.45) is 0 Å². The SMILES string of the molecule is OOC1=C(OO)C(OO)=C(OO)SC1. The number of hydrogen-bond acceptors (Lipinski definition) is 9. The van der Waals surface area contributed by atoms with E-state index < -0.39 is 11.5 Å². The van der Waals surface area contributed by atoms with Crippen LogP contribution >= 0.6 is 11.8 Å². The second kappa shape index (κ2) is 4.93. The third-order valence-electron chi connectivity index (χ3n) is 1.35. The molecule has 1 heterocycles. The molecule has 14 heavy (non-hydrogen) atoms. The van der Waals surface area contributed by atoms with E-state index in [-0.39, 0.29) is 16.6 Å². The van der Waals surface area contributed by atoms with Crippen LogP contribution in [0.5, 0.6) is 0 Å². The molecular weight excluding hydrogens is 220 g/mol. The van der Waals surface area contributed by atoms with Crippen LogP contribution in [0.4, 0.5) is 0 Å². The third kappa shape index (κ3) is 1.86. The topological polar surface area (TPSA) is 118 Å². The maximum Gasteiger partial charge on any atom is 0.267 e. The molecule has 0 aromatic rings. The summed E-state index contributed by atoms with van der Waals surface area (Å²) >= 11 is 0.836. The summed E-state index contributed by atoms with van der Waals surface area (Å²) in [5.74, 6) is -1.22. The Balaban J connectivity index is 3.08. The summed E-state index contributed by atoms with van der Waals surface area (Å²) in [6.07, 6.45) is 0.